The van der Waals surface area contributed by atoms with E-state index in [-0.39, 0.29) is 0 Å². The standard InChI is InChI=1S/C22H25FN6O/c1-22(2,30)16-11-14-12-25-21(24-8-10-28-9-7-15(23)13-28)27-19(14)29-18-6-4-3-5-17(18)26-20(16)29/h3-6,11-12,15,30H,7-10,13H2,1-2H3,(H,24,25,27)/t15-/m0/s1. The summed E-state index contributed by atoms with van der Waals surface area (Å²) in [4.78, 5) is 16.1. The summed E-state index contributed by atoms with van der Waals surface area (Å²) in [5, 5.41) is 14.8. The number of hydrogen-bond donors (Lipinski definition) is 2. The Morgan fingerprint density at radius 3 is 2.83 bits per heavy atom. The van der Waals surface area contributed by atoms with Crippen molar-refractivity contribution in [1.29, 1.82) is 0 Å². The van der Waals surface area contributed by atoms with Gasteiger partial charge in [0.15, 0.2) is 5.65 Å². The highest BCUT2D eigenvalue weighted by Gasteiger charge is 2.24. The monoisotopic (exact) mass is 408 g/mol. The molecule has 7 nitrogen and oxygen atoms in total. The van der Waals surface area contributed by atoms with Crippen molar-refractivity contribution in [3.05, 3.63) is 42.1 Å². The fourth-order valence-corrected chi connectivity index (χ4v) is 4.15. The molecule has 1 atom stereocenters. The van der Waals surface area contributed by atoms with E-state index >= 15 is 0 Å². The Hall–Kier alpha value is -2.84. The highest BCUT2D eigenvalue weighted by molar-refractivity contribution is 5.90. The first-order valence-corrected chi connectivity index (χ1v) is 10.3. The van der Waals surface area contributed by atoms with Gasteiger partial charge in [0, 0.05) is 43.3 Å². The maximum absolute atomic E-state index is 13.3. The summed E-state index contributed by atoms with van der Waals surface area (Å²) in [6.07, 6.45) is 1.66. The molecule has 4 aromatic rings. The number of hydrogen-bond acceptors (Lipinski definition) is 6. The third-order valence-electron chi connectivity index (χ3n) is 5.69. The van der Waals surface area contributed by atoms with Gasteiger partial charge in [-0.25, -0.2) is 14.4 Å². The maximum atomic E-state index is 13.3. The van der Waals surface area contributed by atoms with Crippen LogP contribution in [0.2, 0.25) is 0 Å². The molecule has 1 saturated heterocycles. The Balaban J connectivity index is 1.56. The number of aliphatic hydroxyl groups is 1. The van der Waals surface area contributed by atoms with Gasteiger partial charge in [-0.1, -0.05) is 12.1 Å². The lowest BCUT2D eigenvalue weighted by atomic mass is 9.99. The first kappa shape index (κ1) is 19.1. The number of benzene rings is 1. The van der Waals surface area contributed by atoms with E-state index in [2.05, 4.69) is 15.2 Å². The van der Waals surface area contributed by atoms with Crippen molar-refractivity contribution in [3.63, 3.8) is 0 Å². The zero-order chi connectivity index (χ0) is 20.9. The van der Waals surface area contributed by atoms with Crippen LogP contribution < -0.4 is 5.32 Å². The molecule has 5 rings (SSSR count). The number of anilines is 1. The molecule has 4 heterocycles. The second kappa shape index (κ2) is 7.14. The largest absolute Gasteiger partial charge is 0.386 e. The van der Waals surface area contributed by atoms with Crippen LogP contribution >= 0.6 is 0 Å². The third-order valence-corrected chi connectivity index (χ3v) is 5.69. The molecule has 0 spiro atoms. The molecular formula is C22H25FN6O. The molecule has 1 aliphatic heterocycles. The molecule has 0 aliphatic carbocycles. The first-order valence-electron chi connectivity index (χ1n) is 10.3. The van der Waals surface area contributed by atoms with E-state index in [9.17, 15) is 9.50 Å². The van der Waals surface area contributed by atoms with E-state index in [1.807, 2.05) is 34.7 Å². The lowest BCUT2D eigenvalue weighted by molar-refractivity contribution is 0.0798. The summed E-state index contributed by atoms with van der Waals surface area (Å²) in [6, 6.07) is 9.78. The summed E-state index contributed by atoms with van der Waals surface area (Å²) in [7, 11) is 0. The number of fused-ring (bicyclic) bond motifs is 5. The summed E-state index contributed by atoms with van der Waals surface area (Å²) < 4.78 is 15.3. The second-order valence-electron chi connectivity index (χ2n) is 8.46. The van der Waals surface area contributed by atoms with E-state index in [1.54, 1.807) is 20.0 Å². The number of nitrogens with one attached hydrogen (secondary N) is 1. The Morgan fingerprint density at radius 1 is 1.23 bits per heavy atom. The normalized spacial score (nSPS) is 18.1. The molecule has 3 aromatic heterocycles. The van der Waals surface area contributed by atoms with Gasteiger partial charge in [-0.3, -0.25) is 9.30 Å². The van der Waals surface area contributed by atoms with Gasteiger partial charge < -0.3 is 10.4 Å². The number of nitrogens with zero attached hydrogens (tertiary/aromatic N) is 5. The minimum Gasteiger partial charge on any atom is -0.386 e. The highest BCUT2D eigenvalue weighted by Crippen LogP contribution is 2.31. The van der Waals surface area contributed by atoms with Gasteiger partial charge in [-0.2, -0.15) is 4.98 Å². The highest BCUT2D eigenvalue weighted by atomic mass is 19.1. The molecular weight excluding hydrogens is 383 g/mol. The van der Waals surface area contributed by atoms with E-state index in [0.717, 1.165) is 40.7 Å². The zero-order valence-electron chi connectivity index (χ0n) is 17.1. The number of imidazole rings is 1. The van der Waals surface area contributed by atoms with E-state index in [1.165, 1.54) is 0 Å². The van der Waals surface area contributed by atoms with Crippen LogP contribution in [0, 0.1) is 0 Å². The van der Waals surface area contributed by atoms with Gasteiger partial charge in [0.2, 0.25) is 5.95 Å². The number of para-hydroxylation sites is 2. The number of likely N-dealkylation sites (tertiary alicyclic amines) is 1. The van der Waals surface area contributed by atoms with E-state index in [0.29, 0.717) is 31.1 Å². The molecule has 30 heavy (non-hydrogen) atoms. The summed E-state index contributed by atoms with van der Waals surface area (Å²) in [5.74, 6) is 0.522. The predicted octanol–water partition coefficient (Wildman–Crippen LogP) is 3.11. The van der Waals surface area contributed by atoms with Gasteiger partial charge in [-0.15, -0.1) is 0 Å². The zero-order valence-corrected chi connectivity index (χ0v) is 17.1. The predicted molar refractivity (Wildman–Crippen MR) is 115 cm³/mol. The molecule has 0 amide bonds. The third kappa shape index (κ3) is 3.36. The Bertz CT molecular complexity index is 1230. The molecule has 156 valence electrons. The number of aromatic nitrogens is 4. The van der Waals surface area contributed by atoms with Gasteiger partial charge in [0.05, 0.1) is 16.6 Å². The van der Waals surface area contributed by atoms with Gasteiger partial charge in [0.1, 0.15) is 11.8 Å². The molecule has 0 saturated carbocycles. The summed E-state index contributed by atoms with van der Waals surface area (Å²) in [6.45, 7) is 6.20. The number of rotatable bonds is 5. The minimum absolute atomic E-state index is 0.502. The van der Waals surface area contributed by atoms with Crippen molar-refractivity contribution >= 4 is 33.7 Å². The quantitative estimate of drug-likeness (QED) is 0.528. The lowest BCUT2D eigenvalue weighted by Crippen LogP contribution is -2.27. The van der Waals surface area contributed by atoms with Crippen LogP contribution in [0.25, 0.3) is 27.7 Å². The topological polar surface area (TPSA) is 78.6 Å². The minimum atomic E-state index is -1.06. The van der Waals surface area contributed by atoms with Crippen LogP contribution in [-0.4, -0.2) is 61.7 Å². The van der Waals surface area contributed by atoms with Gasteiger partial charge in [-0.05, 0) is 38.5 Å². The number of halogens is 1. The van der Waals surface area contributed by atoms with Gasteiger partial charge in [0.25, 0.3) is 0 Å². The maximum Gasteiger partial charge on any atom is 0.224 e. The Morgan fingerprint density at radius 2 is 2.07 bits per heavy atom. The second-order valence-corrected chi connectivity index (χ2v) is 8.46. The van der Waals surface area contributed by atoms with Crippen LogP contribution in [0.15, 0.2) is 36.5 Å². The molecule has 1 aromatic carbocycles. The molecule has 1 aliphatic rings. The smallest absolute Gasteiger partial charge is 0.224 e. The van der Waals surface area contributed by atoms with Crippen molar-refractivity contribution in [2.45, 2.75) is 32.0 Å². The average molecular weight is 408 g/mol. The van der Waals surface area contributed by atoms with E-state index < -0.39 is 11.8 Å². The van der Waals surface area contributed by atoms with Crippen LogP contribution in [0.4, 0.5) is 10.3 Å². The fourth-order valence-electron chi connectivity index (χ4n) is 4.15. The Kier molecular flexibility index (Phi) is 4.56. The fraction of sp³-hybridized carbons (Fsp3) is 0.409. The average Bonchev–Trinajstić information content (AvgIpc) is 3.30. The molecule has 8 heteroatoms. The van der Waals surface area contributed by atoms with Crippen molar-refractivity contribution in [3.8, 4) is 0 Å². The van der Waals surface area contributed by atoms with Crippen molar-refractivity contribution in [1.82, 2.24) is 24.3 Å². The molecule has 0 radical (unpaired) electrons. The number of pyridine rings is 1. The van der Waals surface area contributed by atoms with E-state index in [4.69, 9.17) is 9.97 Å². The first-order chi connectivity index (χ1) is 14.4. The summed E-state index contributed by atoms with van der Waals surface area (Å²) in [5.41, 5.74) is 2.86. The Labute approximate surface area is 173 Å². The van der Waals surface area contributed by atoms with Crippen LogP contribution in [0.1, 0.15) is 25.8 Å². The summed E-state index contributed by atoms with van der Waals surface area (Å²) >= 11 is 0. The molecule has 0 unspecified atom stereocenters. The molecule has 2 N–H and O–H groups in total. The van der Waals surface area contributed by atoms with Crippen LogP contribution in [0.3, 0.4) is 0 Å². The van der Waals surface area contributed by atoms with Crippen molar-refractivity contribution in [2.24, 2.45) is 0 Å². The van der Waals surface area contributed by atoms with Gasteiger partial charge >= 0.3 is 0 Å². The van der Waals surface area contributed by atoms with Crippen LogP contribution in [0.5, 0.6) is 0 Å². The molecule has 1 fully saturated rings. The van der Waals surface area contributed by atoms with Crippen molar-refractivity contribution in [2.75, 3.05) is 31.5 Å². The molecule has 0 bridgehead atoms. The van der Waals surface area contributed by atoms with Crippen LogP contribution in [-0.2, 0) is 5.60 Å². The SMILES string of the molecule is CC(C)(O)c1cc2cnc(NCCN3CC[C@H](F)C3)nc2n2c1nc1ccccc12. The lowest BCUT2D eigenvalue weighted by Gasteiger charge is -2.19. The number of alkyl halides is 1. The van der Waals surface area contributed by atoms with Crippen molar-refractivity contribution < 1.29 is 9.50 Å².